The van der Waals surface area contributed by atoms with Crippen molar-refractivity contribution in [2.45, 2.75) is 30.9 Å². The summed E-state index contributed by atoms with van der Waals surface area (Å²) in [5.41, 5.74) is 9.34. The first-order valence-corrected chi connectivity index (χ1v) is 13.3. The van der Waals surface area contributed by atoms with Crippen LogP contribution in [0, 0.1) is 11.3 Å². The number of likely N-dealkylation sites (tertiary alicyclic amines) is 1. The minimum Gasteiger partial charge on any atom is -0.487 e. The van der Waals surface area contributed by atoms with Crippen LogP contribution in [0.2, 0.25) is 0 Å². The molecule has 1 aliphatic carbocycles. The molecule has 3 aliphatic rings. The first-order chi connectivity index (χ1) is 19.0. The highest BCUT2D eigenvalue weighted by Gasteiger charge is 2.49. The SMILES string of the molecule is N#Cc1cc(-c2ccnc(Nc3ccc(N4CCOCC4)cc3)n2)ccc1OC1CCN(C(=O)C2(N)CC2)C1. The average molecular weight is 526 g/mol. The van der Waals surface area contributed by atoms with Crippen molar-refractivity contribution in [3.8, 4) is 23.1 Å². The Kier molecular flexibility index (Phi) is 6.77. The van der Waals surface area contributed by atoms with E-state index >= 15 is 0 Å². The fraction of sp³-hybridized carbons (Fsp3) is 0.379. The molecule has 2 aromatic carbocycles. The van der Waals surface area contributed by atoms with Crippen LogP contribution in [-0.2, 0) is 9.53 Å². The van der Waals surface area contributed by atoms with Crippen molar-refractivity contribution in [2.75, 3.05) is 49.6 Å². The maximum absolute atomic E-state index is 12.5. The van der Waals surface area contributed by atoms with Gasteiger partial charge in [-0.1, -0.05) is 0 Å². The Morgan fingerprint density at radius 3 is 2.67 bits per heavy atom. The third kappa shape index (κ3) is 5.50. The first kappa shape index (κ1) is 25.1. The van der Waals surface area contributed by atoms with Gasteiger partial charge in [0, 0.05) is 49.2 Å². The van der Waals surface area contributed by atoms with Crippen LogP contribution in [0.3, 0.4) is 0 Å². The Morgan fingerprint density at radius 1 is 1.13 bits per heavy atom. The number of morpholine rings is 1. The zero-order valence-corrected chi connectivity index (χ0v) is 21.7. The van der Waals surface area contributed by atoms with E-state index in [4.69, 9.17) is 15.2 Å². The third-order valence-corrected chi connectivity index (χ3v) is 7.49. The minimum absolute atomic E-state index is 0.00525. The molecule has 0 bridgehead atoms. The largest absolute Gasteiger partial charge is 0.487 e. The van der Waals surface area contributed by atoms with E-state index in [1.165, 1.54) is 0 Å². The molecular formula is C29H31N7O3. The van der Waals surface area contributed by atoms with Crippen LogP contribution < -0.4 is 20.7 Å². The molecule has 3 fully saturated rings. The summed E-state index contributed by atoms with van der Waals surface area (Å²) in [7, 11) is 0. The number of nitriles is 1. The molecule has 2 aliphatic heterocycles. The number of aromatic nitrogens is 2. The second-order valence-electron chi connectivity index (χ2n) is 10.3. The standard InChI is InChI=1S/C29H31N7O3/c30-18-21-17-20(1-6-26(21)39-24-8-12-36(19-24)27(37)29(31)9-10-29)25-7-11-32-28(34-25)33-22-2-4-23(5-3-22)35-13-15-38-16-14-35/h1-7,11,17,24H,8-10,12-16,19,31H2,(H,32,33,34). The van der Waals surface area contributed by atoms with Gasteiger partial charge in [0.2, 0.25) is 11.9 Å². The third-order valence-electron chi connectivity index (χ3n) is 7.49. The quantitative estimate of drug-likeness (QED) is 0.478. The van der Waals surface area contributed by atoms with E-state index < -0.39 is 5.54 Å². The van der Waals surface area contributed by atoms with Gasteiger partial charge in [0.25, 0.3) is 0 Å². The highest BCUT2D eigenvalue weighted by molar-refractivity contribution is 5.89. The number of rotatable bonds is 7. The highest BCUT2D eigenvalue weighted by Crippen LogP contribution is 2.35. The molecule has 1 unspecified atom stereocenters. The van der Waals surface area contributed by atoms with Gasteiger partial charge in [-0.25, -0.2) is 9.97 Å². The molecule has 6 rings (SSSR count). The van der Waals surface area contributed by atoms with E-state index in [1.54, 1.807) is 23.2 Å². The van der Waals surface area contributed by atoms with Crippen LogP contribution in [0.1, 0.15) is 24.8 Å². The zero-order chi connectivity index (χ0) is 26.8. The van der Waals surface area contributed by atoms with Crippen molar-refractivity contribution in [3.05, 3.63) is 60.3 Å². The number of nitrogens with one attached hydrogen (secondary N) is 1. The minimum atomic E-state index is -0.675. The molecule has 1 saturated carbocycles. The molecule has 39 heavy (non-hydrogen) atoms. The number of nitrogens with zero attached hydrogens (tertiary/aromatic N) is 5. The van der Waals surface area contributed by atoms with E-state index in [-0.39, 0.29) is 12.0 Å². The van der Waals surface area contributed by atoms with E-state index in [9.17, 15) is 10.1 Å². The molecule has 3 N–H and O–H groups in total. The number of nitrogens with two attached hydrogens (primary N) is 1. The molecule has 3 aromatic rings. The summed E-state index contributed by atoms with van der Waals surface area (Å²) in [6.45, 7) is 4.38. The lowest BCUT2D eigenvalue weighted by Crippen LogP contribution is -2.45. The Labute approximate surface area is 227 Å². The number of hydrogen-bond acceptors (Lipinski definition) is 9. The van der Waals surface area contributed by atoms with Crippen LogP contribution in [0.15, 0.2) is 54.7 Å². The van der Waals surface area contributed by atoms with Crippen molar-refractivity contribution >= 4 is 23.2 Å². The number of benzene rings is 2. The Balaban J connectivity index is 1.12. The molecule has 2 saturated heterocycles. The molecule has 1 atom stereocenters. The summed E-state index contributed by atoms with van der Waals surface area (Å²) in [4.78, 5) is 25.7. The second kappa shape index (κ2) is 10.5. The van der Waals surface area contributed by atoms with Crippen molar-refractivity contribution in [2.24, 2.45) is 5.73 Å². The topological polar surface area (TPSA) is 130 Å². The van der Waals surface area contributed by atoms with Crippen molar-refractivity contribution in [1.29, 1.82) is 5.26 Å². The molecule has 0 spiro atoms. The summed E-state index contributed by atoms with van der Waals surface area (Å²) >= 11 is 0. The lowest BCUT2D eigenvalue weighted by molar-refractivity contribution is -0.132. The van der Waals surface area contributed by atoms with E-state index in [2.05, 4.69) is 38.4 Å². The van der Waals surface area contributed by atoms with Crippen LogP contribution in [0.25, 0.3) is 11.3 Å². The number of ether oxygens (including phenoxy) is 2. The molecule has 10 nitrogen and oxygen atoms in total. The Morgan fingerprint density at radius 2 is 1.92 bits per heavy atom. The fourth-order valence-corrected chi connectivity index (χ4v) is 5.02. The summed E-state index contributed by atoms with van der Waals surface area (Å²) < 4.78 is 11.6. The smallest absolute Gasteiger partial charge is 0.242 e. The molecule has 1 amide bonds. The first-order valence-electron chi connectivity index (χ1n) is 13.3. The van der Waals surface area contributed by atoms with Crippen molar-refractivity contribution < 1.29 is 14.3 Å². The molecule has 3 heterocycles. The molecule has 0 radical (unpaired) electrons. The summed E-state index contributed by atoms with van der Waals surface area (Å²) in [5, 5.41) is 13.1. The second-order valence-corrected chi connectivity index (χ2v) is 10.3. The maximum atomic E-state index is 12.5. The number of anilines is 3. The number of carbonyl (C=O) groups is 1. The molecule has 1 aromatic heterocycles. The number of carbonyl (C=O) groups excluding carboxylic acids is 1. The van der Waals surface area contributed by atoms with Gasteiger partial charge in [0.15, 0.2) is 0 Å². The fourth-order valence-electron chi connectivity index (χ4n) is 5.02. The summed E-state index contributed by atoms with van der Waals surface area (Å²) in [5.74, 6) is 0.974. The van der Waals surface area contributed by atoms with Crippen LogP contribution in [0.5, 0.6) is 5.75 Å². The number of amides is 1. The van der Waals surface area contributed by atoms with Crippen LogP contribution in [-0.4, -0.2) is 71.8 Å². The maximum Gasteiger partial charge on any atom is 0.242 e. The lowest BCUT2D eigenvalue weighted by atomic mass is 10.1. The van der Waals surface area contributed by atoms with Crippen molar-refractivity contribution in [1.82, 2.24) is 14.9 Å². The van der Waals surface area contributed by atoms with Gasteiger partial charge < -0.3 is 30.3 Å². The van der Waals surface area contributed by atoms with Gasteiger partial charge in [-0.15, -0.1) is 0 Å². The monoisotopic (exact) mass is 525 g/mol. The normalized spacial score (nSPS) is 19.8. The van der Waals surface area contributed by atoms with E-state index in [0.717, 1.165) is 56.1 Å². The van der Waals surface area contributed by atoms with Crippen LogP contribution in [0.4, 0.5) is 17.3 Å². The van der Waals surface area contributed by atoms with Crippen molar-refractivity contribution in [3.63, 3.8) is 0 Å². The van der Waals surface area contributed by atoms with Gasteiger partial charge in [-0.2, -0.15) is 5.26 Å². The Bertz CT molecular complexity index is 1390. The molecular weight excluding hydrogens is 494 g/mol. The van der Waals surface area contributed by atoms with Gasteiger partial charge >= 0.3 is 0 Å². The van der Waals surface area contributed by atoms with Crippen LogP contribution >= 0.6 is 0 Å². The lowest BCUT2D eigenvalue weighted by Gasteiger charge is -2.28. The van der Waals surface area contributed by atoms with E-state index in [0.29, 0.717) is 42.5 Å². The highest BCUT2D eigenvalue weighted by atomic mass is 16.5. The van der Waals surface area contributed by atoms with Gasteiger partial charge in [-0.3, -0.25) is 4.79 Å². The number of hydrogen-bond donors (Lipinski definition) is 2. The molecule has 10 heteroatoms. The summed E-state index contributed by atoms with van der Waals surface area (Å²) in [6, 6.07) is 17.7. The average Bonchev–Trinajstić information content (AvgIpc) is 3.57. The van der Waals surface area contributed by atoms with Gasteiger partial charge in [0.1, 0.15) is 17.9 Å². The summed E-state index contributed by atoms with van der Waals surface area (Å²) in [6.07, 6.45) is 3.73. The van der Waals surface area contributed by atoms with Gasteiger partial charge in [0.05, 0.1) is 36.6 Å². The Hall–Kier alpha value is -4.20. The predicted molar refractivity (Wildman–Crippen MR) is 147 cm³/mol. The molecule has 200 valence electrons. The van der Waals surface area contributed by atoms with E-state index in [1.807, 2.05) is 24.3 Å². The predicted octanol–water partition coefficient (Wildman–Crippen LogP) is 3.07. The van der Waals surface area contributed by atoms with Gasteiger partial charge in [-0.05, 0) is 61.4 Å². The zero-order valence-electron chi connectivity index (χ0n) is 21.7.